The summed E-state index contributed by atoms with van der Waals surface area (Å²) >= 11 is 0. The van der Waals surface area contributed by atoms with Crippen LogP contribution in [0.2, 0.25) is 0 Å². The number of hydrogen-bond donors (Lipinski definition) is 0. The molecule has 0 amide bonds. The second kappa shape index (κ2) is 5.58. The van der Waals surface area contributed by atoms with Crippen LogP contribution in [0, 0.1) is 6.92 Å². The highest BCUT2D eigenvalue weighted by atomic mass is 13.9. The minimum absolute atomic E-state index is 1.07. The first-order valence-corrected chi connectivity index (χ1v) is 5.03. The summed E-state index contributed by atoms with van der Waals surface area (Å²) in [6.07, 6.45) is 8.03. The number of unbranched alkanes of at least 4 members (excludes halogenated alkanes) is 1. The van der Waals surface area contributed by atoms with Crippen molar-refractivity contribution < 1.29 is 0 Å². The summed E-state index contributed by atoms with van der Waals surface area (Å²) < 4.78 is 0. The Hall–Kier alpha value is -1.04. The molecule has 0 aliphatic carbocycles. The molecule has 0 atom stereocenters. The maximum atomic E-state index is 2.26. The van der Waals surface area contributed by atoms with Gasteiger partial charge in [0.1, 0.15) is 0 Å². The normalized spacial score (nSPS) is 10.9. The molecule has 1 aromatic rings. The number of allylic oxidation sites excluding steroid dienone is 2. The smallest absolute Gasteiger partial charge is 0.00975 e. The van der Waals surface area contributed by atoms with Crippen LogP contribution in [0.15, 0.2) is 36.4 Å². The van der Waals surface area contributed by atoms with Gasteiger partial charge in [0.2, 0.25) is 0 Å². The molecule has 0 N–H and O–H groups in total. The Bertz CT molecular complexity index is 254. The molecule has 0 heterocycles. The zero-order valence-electron chi connectivity index (χ0n) is 8.59. The fraction of sp³-hybridized carbons (Fsp3) is 0.385. The molecule has 0 heteroatoms. The number of aryl methyl sites for hydroxylation is 1. The van der Waals surface area contributed by atoms with Crippen LogP contribution in [0.5, 0.6) is 0 Å². The van der Waals surface area contributed by atoms with E-state index >= 15 is 0 Å². The van der Waals surface area contributed by atoms with Gasteiger partial charge in [-0.2, -0.15) is 0 Å². The van der Waals surface area contributed by atoms with E-state index < -0.39 is 0 Å². The monoisotopic (exact) mass is 174 g/mol. The largest absolute Gasteiger partial charge is 0.0882 e. The third kappa shape index (κ3) is 3.93. The van der Waals surface area contributed by atoms with E-state index in [4.69, 9.17) is 0 Å². The van der Waals surface area contributed by atoms with E-state index in [-0.39, 0.29) is 0 Å². The minimum Gasteiger partial charge on any atom is -0.0882 e. The Labute approximate surface area is 81.3 Å². The van der Waals surface area contributed by atoms with Crippen LogP contribution in [0.25, 0.3) is 0 Å². The first-order chi connectivity index (χ1) is 6.33. The summed E-state index contributed by atoms with van der Waals surface area (Å²) in [7, 11) is 0. The predicted octanol–water partition coefficient (Wildman–Crippen LogP) is 3.89. The van der Waals surface area contributed by atoms with E-state index in [0.29, 0.717) is 0 Å². The highest BCUT2D eigenvalue weighted by Crippen LogP contribution is 2.04. The van der Waals surface area contributed by atoms with Crippen LogP contribution in [-0.2, 0) is 6.42 Å². The van der Waals surface area contributed by atoms with E-state index in [1.54, 1.807) is 0 Å². The summed E-state index contributed by atoms with van der Waals surface area (Å²) in [6.45, 7) is 4.33. The maximum absolute atomic E-state index is 2.26. The first-order valence-electron chi connectivity index (χ1n) is 5.03. The lowest BCUT2D eigenvalue weighted by molar-refractivity contribution is 0.953. The van der Waals surface area contributed by atoms with Gasteiger partial charge in [0, 0.05) is 0 Å². The molecule has 0 fully saturated rings. The van der Waals surface area contributed by atoms with Crippen molar-refractivity contribution in [2.75, 3.05) is 0 Å². The van der Waals surface area contributed by atoms with Crippen LogP contribution in [0.3, 0.4) is 0 Å². The maximum Gasteiger partial charge on any atom is -0.00975 e. The lowest BCUT2D eigenvalue weighted by Crippen LogP contribution is -1.80. The van der Waals surface area contributed by atoms with E-state index in [2.05, 4.69) is 50.3 Å². The van der Waals surface area contributed by atoms with Crippen molar-refractivity contribution in [3.8, 4) is 0 Å². The van der Waals surface area contributed by atoms with E-state index in [1.807, 2.05) is 0 Å². The van der Waals surface area contributed by atoms with Crippen molar-refractivity contribution >= 4 is 0 Å². The van der Waals surface area contributed by atoms with E-state index in [0.717, 1.165) is 6.42 Å². The van der Waals surface area contributed by atoms with Crippen molar-refractivity contribution in [1.29, 1.82) is 0 Å². The third-order valence-corrected chi connectivity index (χ3v) is 2.10. The summed E-state index contributed by atoms with van der Waals surface area (Å²) in [6, 6.07) is 8.74. The highest BCUT2D eigenvalue weighted by molar-refractivity contribution is 5.22. The van der Waals surface area contributed by atoms with Gasteiger partial charge < -0.3 is 0 Å². The van der Waals surface area contributed by atoms with Gasteiger partial charge in [-0.05, 0) is 25.3 Å². The molecule has 0 aromatic heterocycles. The molecule has 0 saturated heterocycles. The quantitative estimate of drug-likeness (QED) is 0.607. The predicted molar refractivity (Wildman–Crippen MR) is 58.9 cm³/mol. The molecule has 0 unspecified atom stereocenters. The van der Waals surface area contributed by atoms with Gasteiger partial charge in [-0.3, -0.25) is 0 Å². The van der Waals surface area contributed by atoms with Crippen LogP contribution in [0.4, 0.5) is 0 Å². The van der Waals surface area contributed by atoms with Gasteiger partial charge in [-0.1, -0.05) is 55.3 Å². The van der Waals surface area contributed by atoms with Crippen molar-refractivity contribution in [1.82, 2.24) is 0 Å². The zero-order valence-corrected chi connectivity index (χ0v) is 8.59. The van der Waals surface area contributed by atoms with Crippen molar-refractivity contribution in [3.63, 3.8) is 0 Å². The van der Waals surface area contributed by atoms with E-state index in [9.17, 15) is 0 Å². The van der Waals surface area contributed by atoms with E-state index in [1.165, 1.54) is 24.0 Å². The lowest BCUT2D eigenvalue weighted by Gasteiger charge is -1.96. The summed E-state index contributed by atoms with van der Waals surface area (Å²) in [5, 5.41) is 0. The van der Waals surface area contributed by atoms with Gasteiger partial charge in [0.25, 0.3) is 0 Å². The standard InChI is InChI=1S/C13H18/c1-3-4-5-6-7-13-10-8-12(2)9-11-13/h5-6,8-11H,3-4,7H2,1-2H3/b6-5+. The van der Waals surface area contributed by atoms with Crippen molar-refractivity contribution in [2.24, 2.45) is 0 Å². The van der Waals surface area contributed by atoms with Gasteiger partial charge in [-0.25, -0.2) is 0 Å². The molecular formula is C13H18. The second-order valence-electron chi connectivity index (χ2n) is 3.45. The molecule has 70 valence electrons. The fourth-order valence-electron chi connectivity index (χ4n) is 1.23. The molecule has 0 aliphatic heterocycles. The van der Waals surface area contributed by atoms with Crippen molar-refractivity contribution in [3.05, 3.63) is 47.5 Å². The van der Waals surface area contributed by atoms with Crippen LogP contribution >= 0.6 is 0 Å². The summed E-state index contributed by atoms with van der Waals surface area (Å²) in [4.78, 5) is 0. The first kappa shape index (κ1) is 10.0. The van der Waals surface area contributed by atoms with Gasteiger partial charge >= 0.3 is 0 Å². The van der Waals surface area contributed by atoms with Gasteiger partial charge in [0.15, 0.2) is 0 Å². The highest BCUT2D eigenvalue weighted by Gasteiger charge is 1.87. The molecule has 1 rings (SSSR count). The zero-order chi connectivity index (χ0) is 9.52. The van der Waals surface area contributed by atoms with Gasteiger partial charge in [0.05, 0.1) is 0 Å². The SMILES string of the molecule is CCC/C=C/Cc1ccc(C)cc1. The van der Waals surface area contributed by atoms with Crippen LogP contribution in [-0.4, -0.2) is 0 Å². The molecule has 0 spiro atoms. The summed E-state index contributed by atoms with van der Waals surface area (Å²) in [5.74, 6) is 0. The summed E-state index contributed by atoms with van der Waals surface area (Å²) in [5.41, 5.74) is 2.74. The fourth-order valence-corrected chi connectivity index (χ4v) is 1.23. The Balaban J connectivity index is 2.41. The molecule has 1 aromatic carbocycles. The molecule has 0 bridgehead atoms. The Morgan fingerprint density at radius 3 is 2.38 bits per heavy atom. The number of hydrogen-bond acceptors (Lipinski definition) is 0. The molecule has 0 saturated carbocycles. The second-order valence-corrected chi connectivity index (χ2v) is 3.45. The lowest BCUT2D eigenvalue weighted by atomic mass is 10.1. The van der Waals surface area contributed by atoms with Crippen LogP contribution in [0.1, 0.15) is 30.9 Å². The molecule has 13 heavy (non-hydrogen) atoms. The molecule has 0 aliphatic rings. The molecular weight excluding hydrogens is 156 g/mol. The Morgan fingerprint density at radius 1 is 1.08 bits per heavy atom. The van der Waals surface area contributed by atoms with Crippen molar-refractivity contribution in [2.45, 2.75) is 33.1 Å². The Kier molecular flexibility index (Phi) is 4.31. The third-order valence-electron chi connectivity index (χ3n) is 2.10. The number of benzene rings is 1. The molecule has 0 nitrogen and oxygen atoms in total. The Morgan fingerprint density at radius 2 is 1.77 bits per heavy atom. The topological polar surface area (TPSA) is 0 Å². The average Bonchev–Trinajstić information content (AvgIpc) is 2.15. The number of rotatable bonds is 4. The minimum atomic E-state index is 1.07. The van der Waals surface area contributed by atoms with Crippen LogP contribution < -0.4 is 0 Å². The van der Waals surface area contributed by atoms with Gasteiger partial charge in [-0.15, -0.1) is 0 Å². The average molecular weight is 174 g/mol. The molecule has 0 radical (unpaired) electrons.